The topological polar surface area (TPSA) is 122 Å². The summed E-state index contributed by atoms with van der Waals surface area (Å²) in [6.07, 6.45) is 5.63. The maximum absolute atomic E-state index is 11.4. The normalized spacial score (nSPS) is 10.9. The minimum Gasteiger partial charge on any atom is -0.430 e. The molecule has 0 saturated heterocycles. The highest BCUT2D eigenvalue weighted by Crippen LogP contribution is 2.13. The smallest absolute Gasteiger partial charge is 0.430 e. The van der Waals surface area contributed by atoms with Crippen LogP contribution in [0.4, 0.5) is 16.2 Å². The van der Waals surface area contributed by atoms with E-state index in [0.29, 0.717) is 0 Å². The molecular weight excluding hydrogens is 368 g/mol. The van der Waals surface area contributed by atoms with Crippen molar-refractivity contribution in [2.75, 3.05) is 13.2 Å². The number of hydrogen-bond donors (Lipinski definition) is 0. The molecule has 0 spiro atoms. The molecule has 0 saturated carbocycles. The van der Waals surface area contributed by atoms with Crippen LogP contribution >= 0.6 is 0 Å². The van der Waals surface area contributed by atoms with Gasteiger partial charge in [-0.1, -0.05) is 12.2 Å². The summed E-state index contributed by atoms with van der Waals surface area (Å²) in [5.41, 5.74) is 1.46. The predicted molar refractivity (Wildman–Crippen MR) is 102 cm³/mol. The van der Waals surface area contributed by atoms with Gasteiger partial charge in [0.05, 0.1) is 9.85 Å². The standard InChI is InChI=1S/C19H16N2O7/c22-19(27-13-1-3-15-5-9-17(10-6-15)20(23)24)28-14-2-4-16-7-11-18(12-8-16)21(25)26/h1-12H,13-14H2/b3-1+,4-2+. The third-order valence-corrected chi connectivity index (χ3v) is 3.42. The van der Waals surface area contributed by atoms with Crippen LogP contribution in [0, 0.1) is 20.2 Å². The number of nitro groups is 2. The van der Waals surface area contributed by atoms with Crippen LogP contribution in [-0.4, -0.2) is 29.2 Å². The molecule has 0 aliphatic rings. The molecule has 2 aromatic rings. The van der Waals surface area contributed by atoms with Crippen molar-refractivity contribution in [1.29, 1.82) is 0 Å². The highest BCUT2D eigenvalue weighted by atomic mass is 16.7. The number of nitrogens with zero attached hydrogens (tertiary/aromatic N) is 2. The van der Waals surface area contributed by atoms with E-state index >= 15 is 0 Å². The zero-order valence-electron chi connectivity index (χ0n) is 14.6. The molecule has 0 heterocycles. The van der Waals surface area contributed by atoms with Gasteiger partial charge in [-0.25, -0.2) is 4.79 Å². The number of carbonyl (C=O) groups is 1. The molecule has 0 radical (unpaired) electrons. The number of rotatable bonds is 8. The van der Waals surface area contributed by atoms with E-state index < -0.39 is 16.0 Å². The molecule has 2 aromatic carbocycles. The zero-order valence-corrected chi connectivity index (χ0v) is 14.6. The van der Waals surface area contributed by atoms with Gasteiger partial charge in [0.15, 0.2) is 0 Å². The first-order valence-corrected chi connectivity index (χ1v) is 8.07. The Morgan fingerprint density at radius 1 is 0.750 bits per heavy atom. The van der Waals surface area contributed by atoms with E-state index in [0.717, 1.165) is 11.1 Å². The number of benzene rings is 2. The SMILES string of the molecule is O=C(OC/C=C/c1ccc([N+](=O)[O-])cc1)OC/C=C/c1ccc([N+](=O)[O-])cc1. The van der Waals surface area contributed by atoms with Crippen molar-refractivity contribution in [3.63, 3.8) is 0 Å². The minimum atomic E-state index is -0.846. The first-order valence-electron chi connectivity index (χ1n) is 8.07. The van der Waals surface area contributed by atoms with Crippen LogP contribution in [0.2, 0.25) is 0 Å². The first kappa shape index (κ1) is 20.3. The molecule has 9 nitrogen and oxygen atoms in total. The van der Waals surface area contributed by atoms with E-state index in [4.69, 9.17) is 9.47 Å². The maximum atomic E-state index is 11.4. The fraction of sp³-hybridized carbons (Fsp3) is 0.105. The van der Waals surface area contributed by atoms with Crippen molar-refractivity contribution in [2.24, 2.45) is 0 Å². The van der Waals surface area contributed by atoms with E-state index in [1.54, 1.807) is 48.6 Å². The Morgan fingerprint density at radius 2 is 1.11 bits per heavy atom. The van der Waals surface area contributed by atoms with E-state index in [9.17, 15) is 25.0 Å². The minimum absolute atomic E-state index is 0.00115. The molecule has 0 aliphatic heterocycles. The van der Waals surface area contributed by atoms with Gasteiger partial charge in [-0.2, -0.15) is 0 Å². The Balaban J connectivity index is 1.68. The summed E-state index contributed by atoms with van der Waals surface area (Å²) in [5, 5.41) is 21.1. The summed E-state index contributed by atoms with van der Waals surface area (Å²) in [4.78, 5) is 31.6. The quantitative estimate of drug-likeness (QED) is 0.376. The van der Waals surface area contributed by atoms with E-state index in [2.05, 4.69) is 0 Å². The molecule has 0 atom stereocenters. The van der Waals surface area contributed by atoms with Gasteiger partial charge in [-0.3, -0.25) is 20.2 Å². The summed E-state index contributed by atoms with van der Waals surface area (Å²) in [6.45, 7) is -0.0240. The van der Waals surface area contributed by atoms with Crippen LogP contribution in [0.1, 0.15) is 11.1 Å². The lowest BCUT2D eigenvalue weighted by atomic mass is 10.2. The van der Waals surface area contributed by atoms with Crippen molar-refractivity contribution in [3.05, 3.63) is 92.0 Å². The third-order valence-electron chi connectivity index (χ3n) is 3.42. The average Bonchev–Trinajstić information content (AvgIpc) is 2.69. The fourth-order valence-corrected chi connectivity index (χ4v) is 2.06. The molecule has 28 heavy (non-hydrogen) atoms. The van der Waals surface area contributed by atoms with Crippen molar-refractivity contribution in [1.82, 2.24) is 0 Å². The summed E-state index contributed by atoms with van der Waals surface area (Å²) in [5.74, 6) is 0. The second-order valence-electron chi connectivity index (χ2n) is 5.37. The second-order valence-corrected chi connectivity index (χ2v) is 5.37. The van der Waals surface area contributed by atoms with Gasteiger partial charge in [0.25, 0.3) is 11.4 Å². The van der Waals surface area contributed by atoms with Crippen molar-refractivity contribution < 1.29 is 24.1 Å². The van der Waals surface area contributed by atoms with Gasteiger partial charge in [0, 0.05) is 24.3 Å². The lowest BCUT2D eigenvalue weighted by Crippen LogP contribution is -2.07. The summed E-state index contributed by atoms with van der Waals surface area (Å²) in [7, 11) is 0. The van der Waals surface area contributed by atoms with Crippen LogP contribution in [0.25, 0.3) is 12.2 Å². The van der Waals surface area contributed by atoms with Crippen LogP contribution in [0.5, 0.6) is 0 Å². The number of carbonyl (C=O) groups excluding carboxylic acids is 1. The molecule has 2 rings (SSSR count). The molecule has 9 heteroatoms. The lowest BCUT2D eigenvalue weighted by molar-refractivity contribution is -0.385. The first-order chi connectivity index (χ1) is 13.5. The average molecular weight is 384 g/mol. The van der Waals surface area contributed by atoms with Crippen LogP contribution in [0.3, 0.4) is 0 Å². The Hall–Kier alpha value is -4.01. The Labute approximate surface area is 159 Å². The van der Waals surface area contributed by atoms with Gasteiger partial charge >= 0.3 is 6.16 Å². The third kappa shape index (κ3) is 6.71. The van der Waals surface area contributed by atoms with E-state index in [1.807, 2.05) is 0 Å². The van der Waals surface area contributed by atoms with Crippen molar-refractivity contribution in [2.45, 2.75) is 0 Å². The number of ether oxygens (including phenoxy) is 2. The van der Waals surface area contributed by atoms with Gasteiger partial charge in [0.1, 0.15) is 13.2 Å². The highest BCUT2D eigenvalue weighted by Gasteiger charge is 2.04. The zero-order chi connectivity index (χ0) is 20.4. The summed E-state index contributed by atoms with van der Waals surface area (Å²) >= 11 is 0. The lowest BCUT2D eigenvalue weighted by Gasteiger charge is -2.01. The molecule has 0 N–H and O–H groups in total. The van der Waals surface area contributed by atoms with Crippen LogP contribution in [0.15, 0.2) is 60.7 Å². The predicted octanol–water partition coefficient (Wildman–Crippen LogP) is 4.38. The second kappa shape index (κ2) is 10.2. The van der Waals surface area contributed by atoms with Crippen LogP contribution in [-0.2, 0) is 9.47 Å². The molecule has 0 amide bonds. The Bertz CT molecular complexity index is 814. The monoisotopic (exact) mass is 384 g/mol. The van der Waals surface area contributed by atoms with Gasteiger partial charge in [-0.05, 0) is 47.5 Å². The van der Waals surface area contributed by atoms with E-state index in [1.165, 1.54) is 24.3 Å². The van der Waals surface area contributed by atoms with Crippen molar-refractivity contribution in [3.8, 4) is 0 Å². The fourth-order valence-electron chi connectivity index (χ4n) is 2.06. The van der Waals surface area contributed by atoms with Crippen molar-refractivity contribution >= 4 is 29.7 Å². The molecule has 0 aromatic heterocycles. The van der Waals surface area contributed by atoms with Gasteiger partial charge in [0.2, 0.25) is 0 Å². The molecule has 0 fully saturated rings. The van der Waals surface area contributed by atoms with E-state index in [-0.39, 0.29) is 24.6 Å². The number of hydrogen-bond acceptors (Lipinski definition) is 7. The molecule has 0 aliphatic carbocycles. The van der Waals surface area contributed by atoms with Gasteiger partial charge in [-0.15, -0.1) is 0 Å². The number of nitro benzene ring substituents is 2. The van der Waals surface area contributed by atoms with Gasteiger partial charge < -0.3 is 9.47 Å². The molecule has 144 valence electrons. The summed E-state index contributed by atoms with van der Waals surface area (Å²) in [6, 6.07) is 11.8. The Kier molecular flexibility index (Phi) is 7.41. The summed E-state index contributed by atoms with van der Waals surface area (Å²) < 4.78 is 9.71. The van der Waals surface area contributed by atoms with Crippen LogP contribution < -0.4 is 0 Å². The highest BCUT2D eigenvalue weighted by molar-refractivity contribution is 5.61. The molecular formula is C19H16N2O7. The Morgan fingerprint density at radius 3 is 1.43 bits per heavy atom. The largest absolute Gasteiger partial charge is 0.508 e. The molecule has 0 bridgehead atoms. The molecule has 0 unspecified atom stereocenters. The number of non-ortho nitro benzene ring substituents is 2. The maximum Gasteiger partial charge on any atom is 0.508 e.